The topological polar surface area (TPSA) is 68.2 Å². The largest absolute Gasteiger partial charge is 0.397 e. The average molecular weight is 403 g/mol. The number of nitrogen functional groups attached to an aromatic ring is 1. The number of fused-ring (bicyclic) bond motifs is 1. The van der Waals surface area contributed by atoms with Gasteiger partial charge in [0.1, 0.15) is 5.15 Å². The lowest BCUT2D eigenvalue weighted by atomic mass is 10.2. The Morgan fingerprint density at radius 1 is 1.42 bits per heavy atom. The van der Waals surface area contributed by atoms with E-state index in [1.54, 1.807) is 28.7 Å². The lowest BCUT2D eigenvalue weighted by Gasteiger charge is -2.25. The number of aromatic nitrogens is 1. The molecule has 0 spiro atoms. The maximum absolute atomic E-state index is 6.12. The third-order valence-corrected chi connectivity index (χ3v) is 6.01. The molecular weight excluding hydrogens is 383 g/mol. The van der Waals surface area contributed by atoms with Crippen molar-refractivity contribution >= 4 is 67.6 Å². The first kappa shape index (κ1) is 19.3. The highest BCUT2D eigenvalue weighted by Crippen LogP contribution is 2.41. The zero-order chi connectivity index (χ0) is 16.6. The molecule has 0 amide bonds. The van der Waals surface area contributed by atoms with Gasteiger partial charge in [0.25, 0.3) is 0 Å². The van der Waals surface area contributed by atoms with Crippen molar-refractivity contribution in [3.05, 3.63) is 39.2 Å². The zero-order valence-electron chi connectivity index (χ0n) is 13.5. The van der Waals surface area contributed by atoms with Crippen molar-refractivity contribution in [2.75, 3.05) is 17.2 Å². The van der Waals surface area contributed by atoms with Crippen molar-refractivity contribution < 1.29 is 0 Å². The number of hydrogen-bond donors (Lipinski definition) is 2. The Hall–Kier alpha value is -1.05. The summed E-state index contributed by atoms with van der Waals surface area (Å²) in [4.78, 5) is 8.07. The number of pyridine rings is 1. The van der Waals surface area contributed by atoms with Crippen molar-refractivity contribution in [3.8, 4) is 0 Å². The highest BCUT2D eigenvalue weighted by Gasteiger charge is 2.19. The molecule has 1 atom stereocenters. The molecular formula is C16H20Cl2N4S2. The Morgan fingerprint density at radius 2 is 2.17 bits per heavy atom. The van der Waals surface area contributed by atoms with Crippen LogP contribution in [0.25, 0.3) is 10.2 Å². The summed E-state index contributed by atoms with van der Waals surface area (Å²) in [6.07, 6.45) is 0. The minimum atomic E-state index is 0. The summed E-state index contributed by atoms with van der Waals surface area (Å²) in [5.41, 5.74) is 14.9. The van der Waals surface area contributed by atoms with Crippen LogP contribution in [0.2, 0.25) is 5.15 Å². The van der Waals surface area contributed by atoms with Gasteiger partial charge in [0, 0.05) is 23.0 Å². The molecule has 0 radical (unpaired) electrons. The standard InChI is InChI=1S/C16H19ClN4S2.ClH/c1-9(18)7-21(8-11-4-3-5-22-11)16-10(2)14-15(23-16)12(19)6-13(17)20-14;/h3-6,9H,7-8,18H2,1-2H3,(H2,19,20);1H/t9-;/m0./s1. The monoisotopic (exact) mass is 402 g/mol. The van der Waals surface area contributed by atoms with E-state index in [1.807, 2.05) is 6.92 Å². The molecule has 24 heavy (non-hydrogen) atoms. The molecule has 4 N–H and O–H groups in total. The summed E-state index contributed by atoms with van der Waals surface area (Å²) in [6, 6.07) is 6.00. The minimum absolute atomic E-state index is 0. The molecule has 4 nitrogen and oxygen atoms in total. The van der Waals surface area contributed by atoms with E-state index in [4.69, 9.17) is 23.1 Å². The van der Waals surface area contributed by atoms with Crippen LogP contribution in [0.4, 0.5) is 10.7 Å². The Kier molecular flexibility index (Phi) is 6.33. The van der Waals surface area contributed by atoms with Crippen LogP contribution in [0, 0.1) is 6.92 Å². The normalized spacial score (nSPS) is 12.2. The number of nitrogens with two attached hydrogens (primary N) is 2. The molecule has 0 fully saturated rings. The second kappa shape index (κ2) is 7.89. The van der Waals surface area contributed by atoms with Gasteiger partial charge >= 0.3 is 0 Å². The van der Waals surface area contributed by atoms with Crippen LogP contribution < -0.4 is 16.4 Å². The van der Waals surface area contributed by atoms with Gasteiger partial charge in [-0.3, -0.25) is 0 Å². The molecule has 3 aromatic heterocycles. The van der Waals surface area contributed by atoms with E-state index in [9.17, 15) is 0 Å². The number of aryl methyl sites for hydroxylation is 1. The third kappa shape index (κ3) is 3.95. The molecule has 0 saturated heterocycles. The third-order valence-electron chi connectivity index (χ3n) is 3.57. The quantitative estimate of drug-likeness (QED) is 0.607. The SMILES string of the molecule is Cc1c(N(Cc2cccs2)C[C@H](C)N)sc2c(N)cc(Cl)nc12.Cl. The fourth-order valence-electron chi connectivity index (χ4n) is 2.62. The Balaban J connectivity index is 0.00000208. The predicted octanol–water partition coefficient (Wildman–Crippen LogP) is 4.68. The smallest absolute Gasteiger partial charge is 0.131 e. The second-order valence-electron chi connectivity index (χ2n) is 5.68. The number of hydrogen-bond acceptors (Lipinski definition) is 6. The lowest BCUT2D eigenvalue weighted by molar-refractivity contribution is 0.682. The van der Waals surface area contributed by atoms with Gasteiger partial charge in [-0.2, -0.15) is 0 Å². The Morgan fingerprint density at radius 3 is 2.79 bits per heavy atom. The zero-order valence-corrected chi connectivity index (χ0v) is 16.7. The molecule has 0 aromatic carbocycles. The van der Waals surface area contributed by atoms with E-state index in [-0.39, 0.29) is 18.4 Å². The fourth-order valence-corrected chi connectivity index (χ4v) is 4.72. The number of halogens is 2. The van der Waals surface area contributed by atoms with Crippen LogP contribution in [-0.2, 0) is 6.54 Å². The van der Waals surface area contributed by atoms with E-state index < -0.39 is 0 Å². The summed E-state index contributed by atoms with van der Waals surface area (Å²) < 4.78 is 0.989. The number of anilines is 2. The molecule has 0 aliphatic heterocycles. The predicted molar refractivity (Wildman–Crippen MR) is 110 cm³/mol. The first-order valence-electron chi connectivity index (χ1n) is 7.33. The highest BCUT2D eigenvalue weighted by molar-refractivity contribution is 7.23. The summed E-state index contributed by atoms with van der Waals surface area (Å²) >= 11 is 9.48. The maximum atomic E-state index is 6.12. The molecule has 0 aliphatic carbocycles. The summed E-state index contributed by atoms with van der Waals surface area (Å²) in [7, 11) is 0. The summed E-state index contributed by atoms with van der Waals surface area (Å²) in [5, 5.41) is 3.68. The van der Waals surface area contributed by atoms with Crippen LogP contribution in [0.5, 0.6) is 0 Å². The number of nitrogens with zero attached hydrogens (tertiary/aromatic N) is 2. The molecule has 3 rings (SSSR count). The van der Waals surface area contributed by atoms with E-state index in [0.717, 1.165) is 33.9 Å². The van der Waals surface area contributed by atoms with Gasteiger partial charge < -0.3 is 16.4 Å². The second-order valence-corrected chi connectivity index (χ2v) is 8.10. The molecule has 3 aromatic rings. The molecule has 3 heterocycles. The summed E-state index contributed by atoms with van der Waals surface area (Å²) in [5.74, 6) is 0. The van der Waals surface area contributed by atoms with Gasteiger partial charge in [0.05, 0.1) is 27.4 Å². The van der Waals surface area contributed by atoms with Crippen molar-refractivity contribution in [2.24, 2.45) is 5.73 Å². The molecule has 8 heteroatoms. The maximum Gasteiger partial charge on any atom is 0.131 e. The van der Waals surface area contributed by atoms with Crippen molar-refractivity contribution in [3.63, 3.8) is 0 Å². The Bertz CT molecular complexity index is 815. The highest BCUT2D eigenvalue weighted by atomic mass is 35.5. The molecule has 0 saturated carbocycles. The van der Waals surface area contributed by atoms with Gasteiger partial charge in [0.2, 0.25) is 0 Å². The van der Waals surface area contributed by atoms with E-state index in [0.29, 0.717) is 10.8 Å². The van der Waals surface area contributed by atoms with E-state index in [2.05, 4.69) is 34.3 Å². The number of thiophene rings is 2. The van der Waals surface area contributed by atoms with Crippen LogP contribution in [0.1, 0.15) is 17.4 Å². The summed E-state index contributed by atoms with van der Waals surface area (Å²) in [6.45, 7) is 5.70. The van der Waals surface area contributed by atoms with E-state index >= 15 is 0 Å². The van der Waals surface area contributed by atoms with Gasteiger partial charge in [-0.05, 0) is 31.4 Å². The molecule has 0 aliphatic rings. The lowest BCUT2D eigenvalue weighted by Crippen LogP contribution is -2.35. The van der Waals surface area contributed by atoms with Crippen LogP contribution in [-0.4, -0.2) is 17.6 Å². The van der Waals surface area contributed by atoms with Crippen LogP contribution >= 0.6 is 46.7 Å². The minimum Gasteiger partial charge on any atom is -0.397 e. The fraction of sp³-hybridized carbons (Fsp3) is 0.312. The number of rotatable bonds is 5. The molecule has 0 unspecified atom stereocenters. The van der Waals surface area contributed by atoms with Gasteiger partial charge in [-0.15, -0.1) is 35.1 Å². The first-order chi connectivity index (χ1) is 11.0. The van der Waals surface area contributed by atoms with Gasteiger partial charge in [-0.25, -0.2) is 4.98 Å². The first-order valence-corrected chi connectivity index (χ1v) is 9.41. The van der Waals surface area contributed by atoms with E-state index in [1.165, 1.54) is 4.88 Å². The van der Waals surface area contributed by atoms with Crippen molar-refractivity contribution in [2.45, 2.75) is 26.4 Å². The van der Waals surface area contributed by atoms with Crippen LogP contribution in [0.15, 0.2) is 23.6 Å². The van der Waals surface area contributed by atoms with Crippen molar-refractivity contribution in [1.29, 1.82) is 0 Å². The molecule has 0 bridgehead atoms. The van der Waals surface area contributed by atoms with Crippen molar-refractivity contribution in [1.82, 2.24) is 4.98 Å². The van der Waals surface area contributed by atoms with Crippen LogP contribution in [0.3, 0.4) is 0 Å². The Labute approximate surface area is 160 Å². The average Bonchev–Trinajstić information content (AvgIpc) is 3.07. The van der Waals surface area contributed by atoms with Gasteiger partial charge in [0.15, 0.2) is 0 Å². The van der Waals surface area contributed by atoms with Gasteiger partial charge in [-0.1, -0.05) is 17.7 Å². The molecule has 130 valence electrons.